The molecule has 0 radical (unpaired) electrons. The highest BCUT2D eigenvalue weighted by Crippen LogP contribution is 2.24. The van der Waals surface area contributed by atoms with Gasteiger partial charge < -0.3 is 15.0 Å². The molecule has 0 aromatic heterocycles. The van der Waals surface area contributed by atoms with E-state index in [1.807, 2.05) is 62.6 Å². The number of benzene rings is 2. The predicted octanol–water partition coefficient (Wildman–Crippen LogP) is 3.71. The second-order valence-corrected chi connectivity index (χ2v) is 6.68. The van der Waals surface area contributed by atoms with Gasteiger partial charge in [0.05, 0.1) is 4.47 Å². The molecule has 0 aliphatic heterocycles. The number of carbonyl (C=O) groups is 1. The number of hydrogen-bond donors (Lipinski definition) is 1. The van der Waals surface area contributed by atoms with Crippen LogP contribution in [0.3, 0.4) is 0 Å². The van der Waals surface area contributed by atoms with Crippen molar-refractivity contribution in [3.8, 4) is 5.75 Å². The Balaban J connectivity index is 1.82. The quantitative estimate of drug-likeness (QED) is 0.698. The molecule has 2 rings (SSSR count). The van der Waals surface area contributed by atoms with Crippen LogP contribution in [0.2, 0.25) is 0 Å². The lowest BCUT2D eigenvalue weighted by molar-refractivity contribution is 0.0952. The minimum atomic E-state index is -0.0352. The van der Waals surface area contributed by atoms with Crippen LogP contribution in [0.25, 0.3) is 0 Å². The van der Waals surface area contributed by atoms with E-state index in [2.05, 4.69) is 26.1 Å². The summed E-state index contributed by atoms with van der Waals surface area (Å²) in [6, 6.07) is 15.3. The average Bonchev–Trinajstić information content (AvgIpc) is 2.58. The molecule has 0 saturated heterocycles. The van der Waals surface area contributed by atoms with Crippen molar-refractivity contribution < 1.29 is 9.53 Å². The maximum absolute atomic E-state index is 12.1. The summed E-state index contributed by atoms with van der Waals surface area (Å²) in [5.41, 5.74) is 1.69. The summed E-state index contributed by atoms with van der Waals surface area (Å²) in [6.07, 6.45) is 0.941. The molecule has 2 aromatic rings. The standard InChI is InChI=1S/C19H23BrN2O2/c1-22(2)13-5-12-21-19(23)16-10-8-15(9-11-16)14-24-18-7-4-3-6-17(18)20/h3-4,6-11H,5,12-14H2,1-2H3,(H,21,23). The van der Waals surface area contributed by atoms with Crippen molar-refractivity contribution in [3.63, 3.8) is 0 Å². The SMILES string of the molecule is CN(C)CCCNC(=O)c1ccc(COc2ccccc2Br)cc1. The molecule has 0 saturated carbocycles. The van der Waals surface area contributed by atoms with Gasteiger partial charge in [-0.3, -0.25) is 4.79 Å². The topological polar surface area (TPSA) is 41.6 Å². The van der Waals surface area contributed by atoms with E-state index < -0.39 is 0 Å². The molecule has 1 amide bonds. The normalized spacial score (nSPS) is 10.7. The van der Waals surface area contributed by atoms with Gasteiger partial charge in [0.15, 0.2) is 0 Å². The van der Waals surface area contributed by atoms with Gasteiger partial charge in [0.1, 0.15) is 12.4 Å². The van der Waals surface area contributed by atoms with Crippen molar-refractivity contribution in [3.05, 3.63) is 64.1 Å². The number of hydrogen-bond acceptors (Lipinski definition) is 3. The zero-order chi connectivity index (χ0) is 17.4. The van der Waals surface area contributed by atoms with Crippen molar-refractivity contribution >= 4 is 21.8 Å². The van der Waals surface area contributed by atoms with E-state index in [1.165, 1.54) is 0 Å². The van der Waals surface area contributed by atoms with E-state index >= 15 is 0 Å². The number of nitrogens with one attached hydrogen (secondary N) is 1. The van der Waals surface area contributed by atoms with E-state index in [9.17, 15) is 4.79 Å². The molecule has 0 bridgehead atoms. The van der Waals surface area contributed by atoms with Crippen LogP contribution in [0.5, 0.6) is 5.75 Å². The Morgan fingerprint density at radius 1 is 1.12 bits per heavy atom. The van der Waals surface area contributed by atoms with Gasteiger partial charge in [-0.25, -0.2) is 0 Å². The van der Waals surface area contributed by atoms with Gasteiger partial charge in [0, 0.05) is 12.1 Å². The highest BCUT2D eigenvalue weighted by molar-refractivity contribution is 9.10. The third-order valence-electron chi connectivity index (χ3n) is 3.51. The first-order valence-corrected chi connectivity index (χ1v) is 8.75. The Bertz CT molecular complexity index is 657. The van der Waals surface area contributed by atoms with Crippen LogP contribution in [-0.2, 0) is 6.61 Å². The zero-order valence-electron chi connectivity index (χ0n) is 14.1. The molecule has 0 aliphatic carbocycles. The molecule has 128 valence electrons. The van der Waals surface area contributed by atoms with Crippen molar-refractivity contribution in [2.24, 2.45) is 0 Å². The monoisotopic (exact) mass is 390 g/mol. The molecular formula is C19H23BrN2O2. The molecule has 0 atom stereocenters. The van der Waals surface area contributed by atoms with Gasteiger partial charge in [-0.2, -0.15) is 0 Å². The molecule has 2 aromatic carbocycles. The van der Waals surface area contributed by atoms with E-state index in [-0.39, 0.29) is 5.91 Å². The van der Waals surface area contributed by atoms with Crippen LogP contribution < -0.4 is 10.1 Å². The number of amides is 1. The number of para-hydroxylation sites is 1. The van der Waals surface area contributed by atoms with Crippen LogP contribution in [0.4, 0.5) is 0 Å². The van der Waals surface area contributed by atoms with Crippen LogP contribution in [0.1, 0.15) is 22.3 Å². The van der Waals surface area contributed by atoms with E-state index in [0.717, 1.165) is 28.8 Å². The number of nitrogens with zero attached hydrogens (tertiary/aromatic N) is 1. The van der Waals surface area contributed by atoms with E-state index in [1.54, 1.807) is 0 Å². The number of carbonyl (C=O) groups excluding carboxylic acids is 1. The smallest absolute Gasteiger partial charge is 0.251 e. The third-order valence-corrected chi connectivity index (χ3v) is 4.17. The number of ether oxygens (including phenoxy) is 1. The van der Waals surface area contributed by atoms with E-state index in [0.29, 0.717) is 18.7 Å². The Kier molecular flexibility index (Phi) is 7.28. The Morgan fingerprint density at radius 2 is 1.83 bits per heavy atom. The lowest BCUT2D eigenvalue weighted by atomic mass is 10.1. The summed E-state index contributed by atoms with van der Waals surface area (Å²) < 4.78 is 6.70. The maximum atomic E-state index is 12.1. The van der Waals surface area contributed by atoms with Crippen LogP contribution in [0, 0.1) is 0 Å². The van der Waals surface area contributed by atoms with Gasteiger partial charge in [-0.15, -0.1) is 0 Å². The fourth-order valence-electron chi connectivity index (χ4n) is 2.17. The molecule has 5 heteroatoms. The van der Waals surface area contributed by atoms with Crippen LogP contribution >= 0.6 is 15.9 Å². The highest BCUT2D eigenvalue weighted by Gasteiger charge is 2.05. The first-order valence-electron chi connectivity index (χ1n) is 7.95. The van der Waals surface area contributed by atoms with Crippen LogP contribution in [0.15, 0.2) is 53.0 Å². The largest absolute Gasteiger partial charge is 0.488 e. The average molecular weight is 391 g/mol. The van der Waals surface area contributed by atoms with Crippen molar-refractivity contribution in [1.82, 2.24) is 10.2 Å². The molecule has 0 heterocycles. The van der Waals surface area contributed by atoms with Crippen LogP contribution in [-0.4, -0.2) is 38.0 Å². The van der Waals surface area contributed by atoms with Gasteiger partial charge in [0.2, 0.25) is 0 Å². The fourth-order valence-corrected chi connectivity index (χ4v) is 2.57. The highest BCUT2D eigenvalue weighted by atomic mass is 79.9. The second-order valence-electron chi connectivity index (χ2n) is 5.83. The third kappa shape index (κ3) is 5.98. The first kappa shape index (κ1) is 18.5. The molecule has 0 fully saturated rings. The number of rotatable bonds is 8. The van der Waals surface area contributed by atoms with E-state index in [4.69, 9.17) is 4.74 Å². The summed E-state index contributed by atoms with van der Waals surface area (Å²) in [6.45, 7) is 2.11. The molecular weight excluding hydrogens is 368 g/mol. The molecule has 4 nitrogen and oxygen atoms in total. The molecule has 0 unspecified atom stereocenters. The summed E-state index contributed by atoms with van der Waals surface area (Å²) in [5.74, 6) is 0.771. The lowest BCUT2D eigenvalue weighted by Crippen LogP contribution is -2.27. The Hall–Kier alpha value is -1.85. The van der Waals surface area contributed by atoms with Crippen molar-refractivity contribution in [1.29, 1.82) is 0 Å². The van der Waals surface area contributed by atoms with Crippen molar-refractivity contribution in [2.75, 3.05) is 27.2 Å². The van der Waals surface area contributed by atoms with Gasteiger partial charge >= 0.3 is 0 Å². The Morgan fingerprint density at radius 3 is 2.50 bits per heavy atom. The zero-order valence-corrected chi connectivity index (χ0v) is 15.7. The molecule has 0 spiro atoms. The summed E-state index contributed by atoms with van der Waals surface area (Å²) in [7, 11) is 4.05. The lowest BCUT2D eigenvalue weighted by Gasteiger charge is -2.10. The van der Waals surface area contributed by atoms with Gasteiger partial charge in [-0.1, -0.05) is 24.3 Å². The summed E-state index contributed by atoms with van der Waals surface area (Å²) in [5, 5.41) is 2.94. The first-order chi connectivity index (χ1) is 11.6. The van der Waals surface area contributed by atoms with Crippen molar-refractivity contribution in [2.45, 2.75) is 13.0 Å². The minimum absolute atomic E-state index is 0.0352. The minimum Gasteiger partial charge on any atom is -0.488 e. The Labute approximate surface area is 151 Å². The second kappa shape index (κ2) is 9.45. The predicted molar refractivity (Wildman–Crippen MR) is 100 cm³/mol. The molecule has 0 aliphatic rings. The summed E-state index contributed by atoms with van der Waals surface area (Å²) >= 11 is 3.46. The number of halogens is 1. The molecule has 1 N–H and O–H groups in total. The van der Waals surface area contributed by atoms with Gasteiger partial charge in [0.25, 0.3) is 5.91 Å². The summed E-state index contributed by atoms with van der Waals surface area (Å²) in [4.78, 5) is 14.2. The maximum Gasteiger partial charge on any atom is 0.251 e. The van der Waals surface area contributed by atoms with Gasteiger partial charge in [-0.05, 0) is 72.8 Å². The fraction of sp³-hybridized carbons (Fsp3) is 0.316. The molecule has 24 heavy (non-hydrogen) atoms.